The minimum Gasteiger partial charge on any atom is -0.381 e. The molecular weight excluding hydrogens is 373 g/mol. The number of rotatable bonds is 3. The molecule has 3 aliphatic heterocycles. The lowest BCUT2D eigenvalue weighted by molar-refractivity contribution is -0.138. The van der Waals surface area contributed by atoms with Crippen molar-refractivity contribution in [3.05, 3.63) is 29.3 Å². The number of ether oxygens (including phenoxy) is 1. The summed E-state index contributed by atoms with van der Waals surface area (Å²) in [5.41, 5.74) is 0.00341. The van der Waals surface area contributed by atoms with Crippen LogP contribution in [0.15, 0.2) is 18.2 Å². The van der Waals surface area contributed by atoms with Crippen molar-refractivity contribution in [3.63, 3.8) is 0 Å². The molecule has 152 valence electrons. The van der Waals surface area contributed by atoms with Gasteiger partial charge in [-0.2, -0.15) is 13.2 Å². The summed E-state index contributed by atoms with van der Waals surface area (Å²) in [6.45, 7) is 2.58. The summed E-state index contributed by atoms with van der Waals surface area (Å²) in [4.78, 5) is 27.5. The van der Waals surface area contributed by atoms with E-state index in [4.69, 9.17) is 4.74 Å². The molecule has 0 aromatic heterocycles. The first-order valence-electron chi connectivity index (χ1n) is 9.64. The number of anilines is 1. The highest BCUT2D eigenvalue weighted by Crippen LogP contribution is 2.43. The van der Waals surface area contributed by atoms with Crippen LogP contribution in [0.2, 0.25) is 0 Å². The summed E-state index contributed by atoms with van der Waals surface area (Å²) in [5.74, 6) is -0.602. The lowest BCUT2D eigenvalue weighted by Crippen LogP contribution is -2.42. The van der Waals surface area contributed by atoms with Crippen molar-refractivity contribution in [2.24, 2.45) is 11.8 Å². The van der Waals surface area contributed by atoms with Crippen LogP contribution < -0.4 is 5.32 Å². The Hall–Kier alpha value is -2.09. The molecule has 28 heavy (non-hydrogen) atoms. The predicted molar refractivity (Wildman–Crippen MR) is 95.5 cm³/mol. The number of carbonyl (C=O) groups is 2. The Morgan fingerprint density at radius 3 is 2.64 bits per heavy atom. The molecule has 4 rings (SSSR count). The second-order valence-electron chi connectivity index (χ2n) is 7.96. The van der Waals surface area contributed by atoms with Gasteiger partial charge in [-0.15, -0.1) is 0 Å². The smallest absolute Gasteiger partial charge is 0.381 e. The van der Waals surface area contributed by atoms with Gasteiger partial charge in [-0.1, -0.05) is 0 Å². The van der Waals surface area contributed by atoms with E-state index in [0.717, 1.165) is 31.4 Å². The maximum absolute atomic E-state index is 12.8. The highest BCUT2D eigenvalue weighted by molar-refractivity contribution is 5.95. The first-order chi connectivity index (χ1) is 13.3. The molecule has 0 aliphatic carbocycles. The van der Waals surface area contributed by atoms with Gasteiger partial charge in [0.25, 0.3) is 0 Å². The third-order valence-corrected chi connectivity index (χ3v) is 6.22. The number of nitrogens with one attached hydrogen (secondary N) is 1. The molecule has 1 N–H and O–H groups in total. The highest BCUT2D eigenvalue weighted by atomic mass is 19.4. The van der Waals surface area contributed by atoms with Crippen LogP contribution in [-0.4, -0.2) is 42.0 Å². The second kappa shape index (κ2) is 7.06. The number of hydrogen-bond donors (Lipinski definition) is 1. The molecule has 1 aromatic rings. The van der Waals surface area contributed by atoms with Gasteiger partial charge in [0.1, 0.15) is 0 Å². The molecular formula is C20H23F3N2O3. The Balaban J connectivity index is 1.45. The summed E-state index contributed by atoms with van der Waals surface area (Å²) < 4.78 is 43.8. The number of amides is 2. The van der Waals surface area contributed by atoms with E-state index in [1.165, 1.54) is 6.07 Å². The Bertz CT molecular complexity index is 789. The Kier molecular flexibility index (Phi) is 4.85. The molecule has 4 atom stereocenters. The minimum absolute atomic E-state index is 0.0718. The van der Waals surface area contributed by atoms with Crippen LogP contribution >= 0.6 is 0 Å². The molecule has 3 heterocycles. The molecule has 0 unspecified atom stereocenters. The van der Waals surface area contributed by atoms with Crippen LogP contribution in [-0.2, 0) is 20.5 Å². The highest BCUT2D eigenvalue weighted by Gasteiger charge is 2.52. The molecule has 0 spiro atoms. The minimum atomic E-state index is -4.41. The number of hydrogen-bond acceptors (Lipinski definition) is 3. The van der Waals surface area contributed by atoms with Gasteiger partial charge in [-0.05, 0) is 56.4 Å². The summed E-state index contributed by atoms with van der Waals surface area (Å²) in [6.07, 6.45) is -1.41. The SMILES string of the molecule is Cc1cc(C(F)(F)F)ccc1NC(=O)[C@@H]1C[C@@H]2CC[C@@H]1N2C(=O)[C@H]1CCOC1. The van der Waals surface area contributed by atoms with Crippen LogP contribution in [0.4, 0.5) is 18.9 Å². The van der Waals surface area contributed by atoms with Gasteiger partial charge in [-0.3, -0.25) is 9.59 Å². The molecule has 8 heteroatoms. The van der Waals surface area contributed by atoms with Gasteiger partial charge < -0.3 is 15.0 Å². The standard InChI is InChI=1S/C20H23F3N2O3/c1-11-8-13(20(21,22)23)2-4-16(11)24-18(26)15-9-14-3-5-17(15)25(14)19(27)12-6-7-28-10-12/h2,4,8,12,14-15,17H,3,5-7,9-10H2,1H3,(H,24,26)/t12-,14-,15+,17-/m0/s1. The number of halogens is 3. The van der Waals surface area contributed by atoms with E-state index in [0.29, 0.717) is 30.9 Å². The zero-order valence-electron chi connectivity index (χ0n) is 15.6. The topological polar surface area (TPSA) is 58.6 Å². The monoisotopic (exact) mass is 396 g/mol. The van der Waals surface area contributed by atoms with E-state index in [1.807, 2.05) is 4.90 Å². The summed E-state index contributed by atoms with van der Waals surface area (Å²) in [5, 5.41) is 2.78. The van der Waals surface area contributed by atoms with Crippen LogP contribution in [0.5, 0.6) is 0 Å². The van der Waals surface area contributed by atoms with E-state index >= 15 is 0 Å². The van der Waals surface area contributed by atoms with Crippen LogP contribution in [0.3, 0.4) is 0 Å². The van der Waals surface area contributed by atoms with Gasteiger partial charge >= 0.3 is 6.18 Å². The van der Waals surface area contributed by atoms with Crippen molar-refractivity contribution in [2.45, 2.75) is 50.9 Å². The fourth-order valence-corrected chi connectivity index (χ4v) is 4.76. The number of nitrogens with zero attached hydrogens (tertiary/aromatic N) is 1. The molecule has 5 nitrogen and oxygen atoms in total. The molecule has 2 bridgehead atoms. The molecule has 0 radical (unpaired) electrons. The average Bonchev–Trinajstić information content (AvgIpc) is 3.38. The first-order valence-corrected chi connectivity index (χ1v) is 9.64. The van der Waals surface area contributed by atoms with Crippen molar-refractivity contribution in [3.8, 4) is 0 Å². The molecule has 0 saturated carbocycles. The van der Waals surface area contributed by atoms with Crippen LogP contribution in [0.25, 0.3) is 0 Å². The summed E-state index contributed by atoms with van der Waals surface area (Å²) >= 11 is 0. The fraction of sp³-hybridized carbons (Fsp3) is 0.600. The van der Waals surface area contributed by atoms with Crippen molar-refractivity contribution in [1.29, 1.82) is 0 Å². The van der Waals surface area contributed by atoms with Gasteiger partial charge in [0.05, 0.1) is 24.0 Å². The fourth-order valence-electron chi connectivity index (χ4n) is 4.76. The first kappa shape index (κ1) is 19.2. The number of carbonyl (C=O) groups excluding carboxylic acids is 2. The molecule has 3 aliphatic rings. The number of benzene rings is 1. The van der Waals surface area contributed by atoms with E-state index < -0.39 is 11.7 Å². The maximum Gasteiger partial charge on any atom is 0.416 e. The Morgan fingerprint density at radius 2 is 2.00 bits per heavy atom. The van der Waals surface area contributed by atoms with E-state index in [9.17, 15) is 22.8 Å². The third-order valence-electron chi connectivity index (χ3n) is 6.22. The average molecular weight is 396 g/mol. The van der Waals surface area contributed by atoms with Crippen molar-refractivity contribution in [1.82, 2.24) is 4.90 Å². The van der Waals surface area contributed by atoms with E-state index in [2.05, 4.69) is 5.32 Å². The molecule has 2 amide bonds. The summed E-state index contributed by atoms with van der Waals surface area (Å²) in [6, 6.07) is 3.24. The van der Waals surface area contributed by atoms with Crippen LogP contribution in [0.1, 0.15) is 36.8 Å². The second-order valence-corrected chi connectivity index (χ2v) is 7.96. The van der Waals surface area contributed by atoms with Crippen molar-refractivity contribution >= 4 is 17.5 Å². The number of alkyl halides is 3. The molecule has 1 aromatic carbocycles. The Labute approximate surface area is 161 Å². The van der Waals surface area contributed by atoms with Crippen molar-refractivity contribution < 1.29 is 27.5 Å². The predicted octanol–water partition coefficient (Wildman–Crippen LogP) is 3.37. The molecule has 3 saturated heterocycles. The normalized spacial score (nSPS) is 29.4. The van der Waals surface area contributed by atoms with Gasteiger partial charge in [-0.25, -0.2) is 0 Å². The van der Waals surface area contributed by atoms with Gasteiger partial charge in [0.2, 0.25) is 11.8 Å². The van der Waals surface area contributed by atoms with Gasteiger partial charge in [0.15, 0.2) is 0 Å². The lowest BCUT2D eigenvalue weighted by Gasteiger charge is -2.26. The van der Waals surface area contributed by atoms with Gasteiger partial charge in [0, 0.05) is 24.4 Å². The lowest BCUT2D eigenvalue weighted by atomic mass is 9.88. The Morgan fingerprint density at radius 1 is 1.21 bits per heavy atom. The summed E-state index contributed by atoms with van der Waals surface area (Å²) in [7, 11) is 0. The number of fused-ring (bicyclic) bond motifs is 2. The van der Waals surface area contributed by atoms with Crippen molar-refractivity contribution in [2.75, 3.05) is 18.5 Å². The zero-order chi connectivity index (χ0) is 20.1. The molecule has 3 fully saturated rings. The van der Waals surface area contributed by atoms with E-state index in [-0.39, 0.29) is 35.7 Å². The third kappa shape index (κ3) is 3.38. The largest absolute Gasteiger partial charge is 0.416 e. The maximum atomic E-state index is 12.8. The van der Waals surface area contributed by atoms with E-state index in [1.54, 1.807) is 6.92 Å². The zero-order valence-corrected chi connectivity index (χ0v) is 15.6. The number of aryl methyl sites for hydroxylation is 1. The van der Waals surface area contributed by atoms with Crippen LogP contribution in [0, 0.1) is 18.8 Å². The quantitative estimate of drug-likeness (QED) is 0.852.